The van der Waals surface area contributed by atoms with Crippen LogP contribution in [0.15, 0.2) is 35.3 Å². The van der Waals surface area contributed by atoms with Crippen molar-refractivity contribution in [1.82, 2.24) is 30.3 Å². The molecule has 0 radical (unpaired) electrons. The Morgan fingerprint density at radius 2 is 1.93 bits per heavy atom. The van der Waals surface area contributed by atoms with Crippen molar-refractivity contribution in [2.45, 2.75) is 39.4 Å². The molecule has 150 valence electrons. The van der Waals surface area contributed by atoms with Gasteiger partial charge in [0.15, 0.2) is 11.8 Å². The molecular formula is C19H32IN7. The number of nitrogens with zero attached hydrogens (tertiary/aromatic N) is 5. The Balaban J connectivity index is 0.00000364. The molecule has 1 atom stereocenters. The first-order valence-electron chi connectivity index (χ1n) is 9.04. The van der Waals surface area contributed by atoms with Gasteiger partial charge in [0.25, 0.3) is 0 Å². The summed E-state index contributed by atoms with van der Waals surface area (Å²) in [5.74, 6) is 2.57. The highest BCUT2D eigenvalue weighted by atomic mass is 127. The van der Waals surface area contributed by atoms with Crippen LogP contribution in [-0.4, -0.2) is 52.3 Å². The van der Waals surface area contributed by atoms with Gasteiger partial charge in [-0.1, -0.05) is 30.3 Å². The van der Waals surface area contributed by atoms with Crippen LogP contribution in [0.4, 0.5) is 0 Å². The predicted molar refractivity (Wildman–Crippen MR) is 121 cm³/mol. The summed E-state index contributed by atoms with van der Waals surface area (Å²) in [5.41, 5.74) is 1.34. The van der Waals surface area contributed by atoms with Crippen LogP contribution in [0, 0.1) is 6.92 Å². The number of hydrogen-bond acceptors (Lipinski definition) is 4. The van der Waals surface area contributed by atoms with Crippen molar-refractivity contribution < 1.29 is 0 Å². The van der Waals surface area contributed by atoms with Gasteiger partial charge in [0.05, 0.1) is 6.54 Å². The van der Waals surface area contributed by atoms with Gasteiger partial charge in [-0.3, -0.25) is 9.89 Å². The van der Waals surface area contributed by atoms with Crippen LogP contribution in [0.2, 0.25) is 0 Å². The minimum Gasteiger partial charge on any atom is -0.356 e. The van der Waals surface area contributed by atoms with Gasteiger partial charge in [-0.05, 0) is 32.9 Å². The van der Waals surface area contributed by atoms with Gasteiger partial charge in [0.1, 0.15) is 5.82 Å². The number of aromatic nitrogens is 3. The highest BCUT2D eigenvalue weighted by Gasteiger charge is 2.10. The van der Waals surface area contributed by atoms with E-state index in [0.29, 0.717) is 12.6 Å². The summed E-state index contributed by atoms with van der Waals surface area (Å²) in [5, 5.41) is 14.9. The Hall–Kier alpha value is -1.68. The monoisotopic (exact) mass is 485 g/mol. The van der Waals surface area contributed by atoms with E-state index in [1.165, 1.54) is 5.56 Å². The molecule has 0 fully saturated rings. The fourth-order valence-corrected chi connectivity index (χ4v) is 2.64. The lowest BCUT2D eigenvalue weighted by Gasteiger charge is -2.25. The van der Waals surface area contributed by atoms with Crippen LogP contribution in [-0.2, 0) is 20.1 Å². The zero-order valence-corrected chi connectivity index (χ0v) is 19.3. The normalized spacial score (nSPS) is 12.6. The second-order valence-corrected chi connectivity index (χ2v) is 6.61. The van der Waals surface area contributed by atoms with E-state index in [4.69, 9.17) is 0 Å². The molecule has 0 aliphatic heterocycles. The Morgan fingerprint density at radius 1 is 1.22 bits per heavy atom. The van der Waals surface area contributed by atoms with Crippen molar-refractivity contribution >= 4 is 29.9 Å². The van der Waals surface area contributed by atoms with Gasteiger partial charge < -0.3 is 15.2 Å². The van der Waals surface area contributed by atoms with E-state index < -0.39 is 0 Å². The number of rotatable bonds is 8. The maximum atomic E-state index is 4.27. The van der Waals surface area contributed by atoms with Gasteiger partial charge in [-0.15, -0.1) is 34.2 Å². The fourth-order valence-electron chi connectivity index (χ4n) is 2.64. The molecule has 8 heteroatoms. The molecule has 7 nitrogen and oxygen atoms in total. The zero-order valence-electron chi connectivity index (χ0n) is 16.9. The average molecular weight is 485 g/mol. The first-order valence-corrected chi connectivity index (χ1v) is 9.04. The molecule has 2 N–H and O–H groups in total. The molecule has 2 aromatic rings. The molecule has 1 aromatic heterocycles. The number of guanidine groups is 1. The molecule has 1 unspecified atom stereocenters. The SMILES string of the molecule is CN=C(NCCC(C)N(C)Cc1ccccc1)NCc1nnc(C)n1C.I. The standard InChI is InChI=1S/C19H31N7.HI/c1-15(25(4)14-17-9-7-6-8-10-17)11-12-21-19(20-3)22-13-18-24-23-16(2)26(18)5;/h6-10,15H,11-14H2,1-5H3,(H2,20,21,22);1H. The molecule has 1 aromatic carbocycles. The summed E-state index contributed by atoms with van der Waals surface area (Å²) in [6.07, 6.45) is 1.03. The van der Waals surface area contributed by atoms with Crippen molar-refractivity contribution in [2.75, 3.05) is 20.6 Å². The second-order valence-electron chi connectivity index (χ2n) is 6.61. The van der Waals surface area contributed by atoms with Gasteiger partial charge in [0, 0.05) is 33.2 Å². The lowest BCUT2D eigenvalue weighted by Crippen LogP contribution is -2.40. The third-order valence-electron chi connectivity index (χ3n) is 4.70. The van der Waals surface area contributed by atoms with Crippen molar-refractivity contribution in [1.29, 1.82) is 0 Å². The van der Waals surface area contributed by atoms with Crippen molar-refractivity contribution in [3.05, 3.63) is 47.5 Å². The van der Waals surface area contributed by atoms with Gasteiger partial charge in [-0.25, -0.2) is 0 Å². The highest BCUT2D eigenvalue weighted by molar-refractivity contribution is 14.0. The molecular weight excluding hydrogens is 453 g/mol. The Kier molecular flexibility index (Phi) is 10.3. The van der Waals surface area contributed by atoms with E-state index >= 15 is 0 Å². The summed E-state index contributed by atoms with van der Waals surface area (Å²) >= 11 is 0. The van der Waals surface area contributed by atoms with E-state index in [-0.39, 0.29) is 24.0 Å². The van der Waals surface area contributed by atoms with Crippen LogP contribution in [0.1, 0.15) is 30.6 Å². The summed E-state index contributed by atoms with van der Waals surface area (Å²) in [4.78, 5) is 6.64. The predicted octanol–water partition coefficient (Wildman–Crippen LogP) is 2.32. The molecule has 0 bridgehead atoms. The van der Waals surface area contributed by atoms with Crippen molar-refractivity contribution in [2.24, 2.45) is 12.0 Å². The van der Waals surface area contributed by atoms with Crippen LogP contribution in [0.25, 0.3) is 0 Å². The molecule has 1 heterocycles. The van der Waals surface area contributed by atoms with Gasteiger partial charge in [0.2, 0.25) is 0 Å². The second kappa shape index (κ2) is 11.9. The van der Waals surface area contributed by atoms with Crippen LogP contribution < -0.4 is 10.6 Å². The molecule has 0 aliphatic rings. The number of aliphatic imine (C=N–C) groups is 1. The molecule has 0 spiro atoms. The van der Waals surface area contributed by atoms with Gasteiger partial charge >= 0.3 is 0 Å². The summed E-state index contributed by atoms with van der Waals surface area (Å²) < 4.78 is 1.97. The van der Waals surface area contributed by atoms with Crippen molar-refractivity contribution in [3.63, 3.8) is 0 Å². The maximum absolute atomic E-state index is 4.27. The number of hydrogen-bond donors (Lipinski definition) is 2. The first-order chi connectivity index (χ1) is 12.5. The lowest BCUT2D eigenvalue weighted by molar-refractivity contribution is 0.238. The molecule has 0 aliphatic carbocycles. The molecule has 27 heavy (non-hydrogen) atoms. The van der Waals surface area contributed by atoms with Crippen LogP contribution in [0.3, 0.4) is 0 Å². The summed E-state index contributed by atoms with van der Waals surface area (Å²) in [6.45, 7) is 6.61. The molecule has 0 saturated heterocycles. The van der Waals surface area contributed by atoms with Gasteiger partial charge in [-0.2, -0.15) is 0 Å². The molecule has 0 saturated carbocycles. The Labute approximate surface area is 179 Å². The van der Waals surface area contributed by atoms with E-state index in [1.54, 1.807) is 7.05 Å². The van der Waals surface area contributed by atoms with E-state index in [1.807, 2.05) is 18.5 Å². The quantitative estimate of drug-likeness (QED) is 0.341. The maximum Gasteiger partial charge on any atom is 0.191 e. The topological polar surface area (TPSA) is 70.4 Å². The smallest absolute Gasteiger partial charge is 0.191 e. The van der Waals surface area contributed by atoms with Crippen LogP contribution >= 0.6 is 24.0 Å². The molecule has 2 rings (SSSR count). The molecule has 0 amide bonds. The Bertz CT molecular complexity index is 699. The van der Waals surface area contributed by atoms with Crippen LogP contribution in [0.5, 0.6) is 0 Å². The zero-order chi connectivity index (χ0) is 18.9. The summed E-state index contributed by atoms with van der Waals surface area (Å²) in [6, 6.07) is 11.0. The summed E-state index contributed by atoms with van der Waals surface area (Å²) in [7, 11) is 5.91. The fraction of sp³-hybridized carbons (Fsp3) is 0.526. The number of halogens is 1. The third-order valence-corrected chi connectivity index (χ3v) is 4.70. The minimum atomic E-state index is 0. The number of nitrogens with one attached hydrogen (secondary N) is 2. The minimum absolute atomic E-state index is 0. The average Bonchev–Trinajstić information content (AvgIpc) is 2.97. The van der Waals surface area contributed by atoms with E-state index in [2.05, 4.69) is 75.0 Å². The lowest BCUT2D eigenvalue weighted by atomic mass is 10.1. The number of benzene rings is 1. The number of aryl methyl sites for hydroxylation is 1. The van der Waals surface area contributed by atoms with E-state index in [0.717, 1.165) is 37.1 Å². The van der Waals surface area contributed by atoms with E-state index in [9.17, 15) is 0 Å². The largest absolute Gasteiger partial charge is 0.356 e. The first kappa shape index (κ1) is 23.4. The third kappa shape index (κ3) is 7.45. The van der Waals surface area contributed by atoms with Crippen molar-refractivity contribution in [3.8, 4) is 0 Å². The Morgan fingerprint density at radius 3 is 2.52 bits per heavy atom. The highest BCUT2D eigenvalue weighted by Crippen LogP contribution is 2.07.